The van der Waals surface area contributed by atoms with Gasteiger partial charge in [-0.25, -0.2) is 0 Å². The first-order chi connectivity index (χ1) is 9.58. The molecule has 114 valence electrons. The summed E-state index contributed by atoms with van der Waals surface area (Å²) in [6.45, 7) is 7.16. The maximum Gasteiger partial charge on any atom is 0.245 e. The molecule has 0 aromatic heterocycles. The Labute approximate surface area is 122 Å². The largest absolute Gasteiger partial charge is 0.344 e. The normalized spacial score (nSPS) is 35.0. The maximum atomic E-state index is 12.7. The Morgan fingerprint density at radius 2 is 2.00 bits per heavy atom. The summed E-state index contributed by atoms with van der Waals surface area (Å²) in [6, 6.07) is 0.0300. The molecule has 0 spiro atoms. The first kappa shape index (κ1) is 15.3. The van der Waals surface area contributed by atoms with Gasteiger partial charge in [0.2, 0.25) is 11.8 Å². The van der Waals surface area contributed by atoms with Crippen LogP contribution in [0.2, 0.25) is 0 Å². The lowest BCUT2D eigenvalue weighted by Gasteiger charge is -2.33. The minimum atomic E-state index is -0.303. The van der Waals surface area contributed by atoms with Crippen molar-refractivity contribution in [3.05, 3.63) is 0 Å². The monoisotopic (exact) mass is 280 g/mol. The van der Waals surface area contributed by atoms with Crippen LogP contribution in [0.5, 0.6) is 0 Å². The molecule has 4 atom stereocenters. The van der Waals surface area contributed by atoms with Crippen molar-refractivity contribution in [3.8, 4) is 0 Å². The molecule has 4 heteroatoms. The van der Waals surface area contributed by atoms with Gasteiger partial charge in [-0.3, -0.25) is 9.59 Å². The van der Waals surface area contributed by atoms with Crippen LogP contribution in [0.3, 0.4) is 0 Å². The Hall–Kier alpha value is -1.06. The fourth-order valence-corrected chi connectivity index (χ4v) is 3.91. The molecular weight excluding hydrogens is 252 g/mol. The zero-order valence-electron chi connectivity index (χ0n) is 13.0. The summed E-state index contributed by atoms with van der Waals surface area (Å²) in [5.74, 6) is 1.45. The minimum Gasteiger partial charge on any atom is -0.344 e. The molecule has 2 amide bonds. The molecule has 20 heavy (non-hydrogen) atoms. The van der Waals surface area contributed by atoms with Gasteiger partial charge in [-0.15, -0.1) is 0 Å². The second-order valence-electron chi connectivity index (χ2n) is 6.36. The molecule has 2 aliphatic rings. The number of rotatable bonds is 4. The Morgan fingerprint density at radius 3 is 2.60 bits per heavy atom. The standard InChI is InChI=1S/C16H28N2O2/c1-4-6-13-16(20)18(10-9-15(19)17-13)14-8-7-12(5-2)11(14)3/h11-14H,4-10H2,1-3H3,(H,17,19). The molecule has 1 N–H and O–H groups in total. The second kappa shape index (κ2) is 6.59. The summed E-state index contributed by atoms with van der Waals surface area (Å²) in [7, 11) is 0. The lowest BCUT2D eigenvalue weighted by molar-refractivity contribution is -0.136. The molecule has 0 aromatic rings. The van der Waals surface area contributed by atoms with E-state index < -0.39 is 0 Å². The van der Waals surface area contributed by atoms with Crippen molar-refractivity contribution in [1.29, 1.82) is 0 Å². The number of nitrogens with one attached hydrogen (secondary N) is 1. The van der Waals surface area contributed by atoms with E-state index in [0.717, 1.165) is 25.2 Å². The fraction of sp³-hybridized carbons (Fsp3) is 0.875. The molecule has 2 rings (SSSR count). The van der Waals surface area contributed by atoms with Crippen molar-refractivity contribution in [2.75, 3.05) is 6.54 Å². The van der Waals surface area contributed by atoms with E-state index in [1.165, 1.54) is 12.8 Å². The highest BCUT2D eigenvalue weighted by molar-refractivity contribution is 5.90. The smallest absolute Gasteiger partial charge is 0.245 e. The summed E-state index contributed by atoms with van der Waals surface area (Å²) in [5.41, 5.74) is 0. The zero-order valence-corrected chi connectivity index (χ0v) is 13.0. The van der Waals surface area contributed by atoms with Crippen LogP contribution in [0.1, 0.15) is 59.3 Å². The Balaban J connectivity index is 2.13. The van der Waals surface area contributed by atoms with E-state index in [2.05, 4.69) is 26.1 Å². The third kappa shape index (κ3) is 2.99. The highest BCUT2D eigenvalue weighted by atomic mass is 16.2. The number of hydrogen-bond donors (Lipinski definition) is 1. The highest BCUT2D eigenvalue weighted by Crippen LogP contribution is 2.37. The van der Waals surface area contributed by atoms with Gasteiger partial charge in [-0.1, -0.05) is 33.6 Å². The van der Waals surface area contributed by atoms with Gasteiger partial charge < -0.3 is 10.2 Å². The van der Waals surface area contributed by atoms with E-state index in [9.17, 15) is 9.59 Å². The van der Waals surface area contributed by atoms with Gasteiger partial charge >= 0.3 is 0 Å². The average Bonchev–Trinajstić information content (AvgIpc) is 2.73. The Bertz CT molecular complexity index is 369. The molecule has 1 saturated carbocycles. The van der Waals surface area contributed by atoms with Crippen LogP contribution < -0.4 is 5.32 Å². The van der Waals surface area contributed by atoms with Crippen LogP contribution in [-0.2, 0) is 9.59 Å². The summed E-state index contributed by atoms with van der Waals surface area (Å²) in [5, 5.41) is 2.89. The van der Waals surface area contributed by atoms with Crippen LogP contribution >= 0.6 is 0 Å². The molecule has 0 bridgehead atoms. The number of hydrogen-bond acceptors (Lipinski definition) is 2. The van der Waals surface area contributed by atoms with Gasteiger partial charge in [-0.2, -0.15) is 0 Å². The third-order valence-corrected chi connectivity index (χ3v) is 5.18. The van der Waals surface area contributed by atoms with Crippen LogP contribution in [0.4, 0.5) is 0 Å². The van der Waals surface area contributed by atoms with Gasteiger partial charge in [0.1, 0.15) is 6.04 Å². The van der Waals surface area contributed by atoms with E-state index in [0.29, 0.717) is 24.9 Å². The number of amides is 2. The van der Waals surface area contributed by atoms with Crippen molar-refractivity contribution in [2.45, 2.75) is 71.4 Å². The van der Waals surface area contributed by atoms with Crippen LogP contribution in [0.15, 0.2) is 0 Å². The predicted octanol–water partition coefficient (Wildman–Crippen LogP) is 2.33. The molecule has 0 aromatic carbocycles. The summed E-state index contributed by atoms with van der Waals surface area (Å²) >= 11 is 0. The topological polar surface area (TPSA) is 49.4 Å². The van der Waals surface area contributed by atoms with Gasteiger partial charge in [0.05, 0.1) is 0 Å². The van der Waals surface area contributed by atoms with Crippen LogP contribution in [0.25, 0.3) is 0 Å². The lowest BCUT2D eigenvalue weighted by Crippen LogP contribution is -2.49. The molecule has 1 aliphatic carbocycles. The molecule has 2 fully saturated rings. The zero-order chi connectivity index (χ0) is 14.7. The second-order valence-corrected chi connectivity index (χ2v) is 6.36. The maximum absolute atomic E-state index is 12.7. The number of carbonyl (C=O) groups is 2. The van der Waals surface area contributed by atoms with Gasteiger partial charge in [-0.05, 0) is 31.1 Å². The van der Waals surface area contributed by atoms with Crippen molar-refractivity contribution in [3.63, 3.8) is 0 Å². The minimum absolute atomic E-state index is 0.0250. The highest BCUT2D eigenvalue weighted by Gasteiger charge is 2.40. The van der Waals surface area contributed by atoms with Crippen molar-refractivity contribution in [1.82, 2.24) is 10.2 Å². The molecule has 4 unspecified atom stereocenters. The number of carbonyl (C=O) groups excluding carboxylic acids is 2. The van der Waals surface area contributed by atoms with Crippen LogP contribution in [-0.4, -0.2) is 35.3 Å². The molecule has 1 heterocycles. The lowest BCUT2D eigenvalue weighted by atomic mass is 9.92. The van der Waals surface area contributed by atoms with E-state index in [-0.39, 0.29) is 17.9 Å². The van der Waals surface area contributed by atoms with E-state index in [4.69, 9.17) is 0 Å². The molecular formula is C16H28N2O2. The third-order valence-electron chi connectivity index (χ3n) is 5.18. The first-order valence-electron chi connectivity index (χ1n) is 8.18. The van der Waals surface area contributed by atoms with E-state index in [1.807, 2.05) is 4.90 Å². The van der Waals surface area contributed by atoms with Crippen molar-refractivity contribution < 1.29 is 9.59 Å². The van der Waals surface area contributed by atoms with Crippen molar-refractivity contribution in [2.24, 2.45) is 11.8 Å². The SMILES string of the molecule is CCCC1NC(=O)CCN(C2CCC(CC)C2C)C1=O. The first-order valence-corrected chi connectivity index (χ1v) is 8.18. The van der Waals surface area contributed by atoms with Crippen LogP contribution in [0, 0.1) is 11.8 Å². The average molecular weight is 280 g/mol. The quantitative estimate of drug-likeness (QED) is 0.859. The Kier molecular flexibility index (Phi) is 5.06. The molecule has 1 saturated heterocycles. The fourth-order valence-electron chi connectivity index (χ4n) is 3.91. The van der Waals surface area contributed by atoms with E-state index >= 15 is 0 Å². The molecule has 1 aliphatic heterocycles. The summed E-state index contributed by atoms with van der Waals surface area (Å²) in [4.78, 5) is 26.5. The molecule has 4 nitrogen and oxygen atoms in total. The van der Waals surface area contributed by atoms with Gasteiger partial charge in [0, 0.05) is 19.0 Å². The van der Waals surface area contributed by atoms with E-state index in [1.54, 1.807) is 0 Å². The molecule has 0 radical (unpaired) electrons. The number of nitrogens with zero attached hydrogens (tertiary/aromatic N) is 1. The van der Waals surface area contributed by atoms with Crippen molar-refractivity contribution >= 4 is 11.8 Å². The summed E-state index contributed by atoms with van der Waals surface area (Å²) < 4.78 is 0. The van der Waals surface area contributed by atoms with Gasteiger partial charge in [0.25, 0.3) is 0 Å². The van der Waals surface area contributed by atoms with Gasteiger partial charge in [0.15, 0.2) is 0 Å². The predicted molar refractivity (Wildman–Crippen MR) is 79.1 cm³/mol. The summed E-state index contributed by atoms with van der Waals surface area (Å²) in [6.07, 6.45) is 5.62. The Morgan fingerprint density at radius 1 is 1.25 bits per heavy atom.